The Morgan fingerprint density at radius 3 is 2.64 bits per heavy atom. The van der Waals surface area contributed by atoms with Gasteiger partial charge in [-0.1, -0.05) is 23.4 Å². The molecule has 0 radical (unpaired) electrons. The van der Waals surface area contributed by atoms with E-state index in [1.165, 1.54) is 12.1 Å². The van der Waals surface area contributed by atoms with Gasteiger partial charge in [0.15, 0.2) is 0 Å². The highest BCUT2D eigenvalue weighted by Crippen LogP contribution is 2.16. The highest BCUT2D eigenvalue weighted by atomic mass is 35.5. The van der Waals surface area contributed by atoms with Gasteiger partial charge in [-0.25, -0.2) is 4.68 Å². The number of halogens is 1. The molecule has 0 spiro atoms. The number of rotatable bonds is 1. The predicted molar refractivity (Wildman–Crippen MR) is 108 cm³/mol. The van der Waals surface area contributed by atoms with E-state index in [0.29, 0.717) is 10.5 Å². The minimum Gasteiger partial charge on any atom is -0.350 e. The number of H-pyrrole nitrogens is 2. The van der Waals surface area contributed by atoms with Gasteiger partial charge in [0.2, 0.25) is 5.43 Å². The first-order chi connectivity index (χ1) is 13.5. The molecule has 0 saturated carbocycles. The van der Waals surface area contributed by atoms with Crippen molar-refractivity contribution < 1.29 is 0 Å². The van der Waals surface area contributed by atoms with Gasteiger partial charge in [-0.05, 0) is 37.3 Å². The average molecular weight is 393 g/mol. The summed E-state index contributed by atoms with van der Waals surface area (Å²) < 4.78 is 1.07. The smallest absolute Gasteiger partial charge is 0.287 e. The van der Waals surface area contributed by atoms with Crippen LogP contribution in [0.2, 0.25) is 5.02 Å². The topological polar surface area (TPSA) is 101 Å². The summed E-state index contributed by atoms with van der Waals surface area (Å²) in [5.41, 5.74) is -0.720. The van der Waals surface area contributed by atoms with Crippen molar-refractivity contribution in [2.75, 3.05) is 0 Å². The fourth-order valence-electron chi connectivity index (χ4n) is 2.93. The van der Waals surface area contributed by atoms with Crippen molar-refractivity contribution in [1.29, 1.82) is 0 Å². The number of hydrogen-bond acceptors (Lipinski definition) is 4. The van der Waals surface area contributed by atoms with E-state index in [9.17, 15) is 14.4 Å². The minimum absolute atomic E-state index is 0.0877. The lowest BCUT2D eigenvalue weighted by molar-refractivity contribution is 0.558. The van der Waals surface area contributed by atoms with Crippen LogP contribution in [-0.4, -0.2) is 19.7 Å². The first kappa shape index (κ1) is 17.8. The van der Waals surface area contributed by atoms with E-state index in [4.69, 9.17) is 11.6 Å². The fourth-order valence-corrected chi connectivity index (χ4v) is 3.11. The molecule has 2 N–H and O–H groups in total. The molecule has 8 heteroatoms. The van der Waals surface area contributed by atoms with Crippen molar-refractivity contribution in [2.24, 2.45) is 0 Å². The van der Waals surface area contributed by atoms with Crippen LogP contribution in [0, 0.1) is 11.8 Å². The van der Waals surface area contributed by atoms with Gasteiger partial charge in [-0.15, -0.1) is 0 Å². The number of fused-ring (bicyclic) bond motifs is 2. The molecule has 0 fully saturated rings. The molecule has 0 aliphatic heterocycles. The maximum Gasteiger partial charge on any atom is 0.287 e. The van der Waals surface area contributed by atoms with Crippen molar-refractivity contribution in [3.63, 3.8) is 0 Å². The highest BCUT2D eigenvalue weighted by Gasteiger charge is 2.16. The summed E-state index contributed by atoms with van der Waals surface area (Å²) in [6.45, 7) is 1.66. The molecular weight excluding hydrogens is 380 g/mol. The zero-order valence-electron chi connectivity index (χ0n) is 14.6. The van der Waals surface area contributed by atoms with E-state index in [2.05, 4.69) is 26.9 Å². The Balaban J connectivity index is 1.95. The van der Waals surface area contributed by atoms with Crippen LogP contribution < -0.4 is 16.5 Å². The van der Waals surface area contributed by atoms with Crippen molar-refractivity contribution in [2.45, 2.75) is 13.0 Å². The Morgan fingerprint density at radius 2 is 1.89 bits per heavy atom. The Kier molecular flexibility index (Phi) is 4.34. The predicted octanol–water partition coefficient (Wildman–Crippen LogP) is 2.19. The van der Waals surface area contributed by atoms with Gasteiger partial charge in [-0.2, -0.15) is 0 Å². The number of hydrogen-bond donors (Lipinski definition) is 2. The third-order valence-corrected chi connectivity index (χ3v) is 4.57. The summed E-state index contributed by atoms with van der Waals surface area (Å²) in [5.74, 6) is 5.81. The minimum atomic E-state index is -0.655. The number of aromatic nitrogens is 4. The summed E-state index contributed by atoms with van der Waals surface area (Å²) in [6, 6.07) is 7.41. The van der Waals surface area contributed by atoms with Crippen LogP contribution in [0.25, 0.3) is 21.8 Å². The zero-order valence-corrected chi connectivity index (χ0v) is 15.4. The summed E-state index contributed by atoms with van der Waals surface area (Å²) in [4.78, 5) is 45.1. The standard InChI is InChI=1S/C20H13ClN4O3/c1-11(2-3-12-6-8-22-9-7-12)25-20(28)16-17(19(27)24-25)23-15-10-13(21)4-5-14(15)18(16)26/h4-11H,1H3,(H,23,26)(H,24,27). The molecule has 1 atom stereocenters. The van der Waals surface area contributed by atoms with Crippen LogP contribution in [0.5, 0.6) is 0 Å². The summed E-state index contributed by atoms with van der Waals surface area (Å²) >= 11 is 5.95. The van der Waals surface area contributed by atoms with Crippen LogP contribution in [0.1, 0.15) is 18.5 Å². The Bertz CT molecular complexity index is 1460. The van der Waals surface area contributed by atoms with Gasteiger partial charge in [0, 0.05) is 28.4 Å². The van der Waals surface area contributed by atoms with E-state index in [1.54, 1.807) is 37.5 Å². The van der Waals surface area contributed by atoms with Gasteiger partial charge in [0.05, 0.1) is 5.52 Å². The van der Waals surface area contributed by atoms with Gasteiger partial charge in [0.1, 0.15) is 16.9 Å². The molecule has 1 aromatic carbocycles. The van der Waals surface area contributed by atoms with Crippen molar-refractivity contribution in [3.05, 3.63) is 84.2 Å². The second-order valence-corrected chi connectivity index (χ2v) is 6.63. The molecular formula is C20H13ClN4O3. The zero-order chi connectivity index (χ0) is 19.8. The van der Waals surface area contributed by atoms with E-state index < -0.39 is 22.6 Å². The monoisotopic (exact) mass is 392 g/mol. The number of aromatic amines is 2. The molecule has 0 aliphatic rings. The maximum atomic E-state index is 12.9. The number of nitrogens with zero attached hydrogens (tertiary/aromatic N) is 2. The van der Waals surface area contributed by atoms with E-state index in [-0.39, 0.29) is 16.3 Å². The summed E-state index contributed by atoms with van der Waals surface area (Å²) in [7, 11) is 0. The molecule has 0 aliphatic carbocycles. The molecule has 0 amide bonds. The average Bonchev–Trinajstić information content (AvgIpc) is 2.69. The number of nitrogens with one attached hydrogen (secondary N) is 2. The fraction of sp³-hybridized carbons (Fsp3) is 0.100. The molecule has 4 aromatic rings. The largest absolute Gasteiger partial charge is 0.350 e. The van der Waals surface area contributed by atoms with E-state index >= 15 is 0 Å². The molecule has 0 saturated heterocycles. The lowest BCUT2D eigenvalue weighted by Gasteiger charge is -2.10. The van der Waals surface area contributed by atoms with Crippen molar-refractivity contribution >= 4 is 33.4 Å². The van der Waals surface area contributed by atoms with Crippen LogP contribution in [0.3, 0.4) is 0 Å². The lowest BCUT2D eigenvalue weighted by Crippen LogP contribution is -2.35. The van der Waals surface area contributed by atoms with Crippen LogP contribution in [-0.2, 0) is 0 Å². The van der Waals surface area contributed by atoms with Gasteiger partial charge in [-0.3, -0.25) is 24.5 Å². The van der Waals surface area contributed by atoms with Gasteiger partial charge in [0.25, 0.3) is 11.1 Å². The second kappa shape index (κ2) is 6.83. The van der Waals surface area contributed by atoms with Crippen molar-refractivity contribution in [3.8, 4) is 11.8 Å². The first-order valence-electron chi connectivity index (χ1n) is 8.37. The SMILES string of the molecule is CC(C#Cc1ccncc1)n1[nH]c(=O)c2[nH]c3cc(Cl)ccc3c(=O)c2c1=O. The molecule has 0 bridgehead atoms. The lowest BCUT2D eigenvalue weighted by atomic mass is 10.1. The molecule has 4 rings (SSSR count). The van der Waals surface area contributed by atoms with Crippen LogP contribution in [0.15, 0.2) is 57.1 Å². The quantitative estimate of drug-likeness (QED) is 0.383. The Hall–Kier alpha value is -3.63. The molecule has 1 unspecified atom stereocenters. The van der Waals surface area contributed by atoms with Gasteiger partial charge >= 0.3 is 0 Å². The molecule has 7 nitrogen and oxygen atoms in total. The Morgan fingerprint density at radius 1 is 1.14 bits per heavy atom. The normalized spacial score (nSPS) is 11.9. The molecule has 28 heavy (non-hydrogen) atoms. The summed E-state index contributed by atoms with van der Waals surface area (Å²) in [5, 5.41) is 2.97. The maximum absolute atomic E-state index is 12.9. The van der Waals surface area contributed by atoms with Crippen molar-refractivity contribution in [1.82, 2.24) is 19.7 Å². The number of benzene rings is 1. The molecule has 3 heterocycles. The molecule has 3 aromatic heterocycles. The third kappa shape index (κ3) is 3.00. The molecule has 138 valence electrons. The second-order valence-electron chi connectivity index (χ2n) is 6.19. The number of pyridine rings is 2. The third-order valence-electron chi connectivity index (χ3n) is 4.34. The van der Waals surface area contributed by atoms with Crippen LogP contribution >= 0.6 is 11.6 Å². The van der Waals surface area contributed by atoms with Crippen LogP contribution in [0.4, 0.5) is 0 Å². The Labute approximate surface area is 162 Å². The summed E-state index contributed by atoms with van der Waals surface area (Å²) in [6.07, 6.45) is 3.21. The van der Waals surface area contributed by atoms with E-state index in [1.807, 2.05) is 0 Å². The first-order valence-corrected chi connectivity index (χ1v) is 8.75. The van der Waals surface area contributed by atoms with Gasteiger partial charge < -0.3 is 4.98 Å². The van der Waals surface area contributed by atoms with E-state index in [0.717, 1.165) is 10.2 Å². The highest BCUT2D eigenvalue weighted by molar-refractivity contribution is 6.31.